The summed E-state index contributed by atoms with van der Waals surface area (Å²) in [7, 11) is 0. The van der Waals surface area contributed by atoms with Gasteiger partial charge in [0.15, 0.2) is 5.96 Å². The van der Waals surface area contributed by atoms with Crippen molar-refractivity contribution in [3.05, 3.63) is 34.0 Å². The van der Waals surface area contributed by atoms with Gasteiger partial charge in [-0.3, -0.25) is 4.99 Å². The average molecular weight is 449 g/mol. The molecule has 1 unspecified atom stereocenters. The molecule has 4 nitrogen and oxygen atoms in total. The van der Waals surface area contributed by atoms with Crippen LogP contribution in [0.2, 0.25) is 0 Å². The number of nitrogens with one attached hydrogen (secondary N) is 2. The normalized spacial score (nSPS) is 16.3. The van der Waals surface area contributed by atoms with E-state index in [1.807, 2.05) is 0 Å². The van der Waals surface area contributed by atoms with E-state index in [0.29, 0.717) is 5.92 Å². The van der Waals surface area contributed by atoms with Gasteiger partial charge in [0.25, 0.3) is 0 Å². The largest absolute Gasteiger partial charge is 0.377 e. The van der Waals surface area contributed by atoms with Crippen LogP contribution in [0.5, 0.6) is 0 Å². The highest BCUT2D eigenvalue weighted by Gasteiger charge is 2.07. The zero-order valence-corrected chi connectivity index (χ0v) is 17.2. The van der Waals surface area contributed by atoms with Crippen LogP contribution >= 0.6 is 35.3 Å². The summed E-state index contributed by atoms with van der Waals surface area (Å²) >= 11 is 1.75. The SMILES string of the molecule is CCNC(=NCC(C)c1ccsc1)NCCC1=CCOCC1.I. The number of hydrogen-bond acceptors (Lipinski definition) is 3. The van der Waals surface area contributed by atoms with Crippen molar-refractivity contribution in [1.82, 2.24) is 10.6 Å². The van der Waals surface area contributed by atoms with E-state index in [1.54, 1.807) is 11.3 Å². The van der Waals surface area contributed by atoms with Crippen LogP contribution in [0.15, 0.2) is 33.5 Å². The van der Waals surface area contributed by atoms with Gasteiger partial charge in [0, 0.05) is 25.6 Å². The molecule has 1 aromatic heterocycles. The summed E-state index contributed by atoms with van der Waals surface area (Å²) in [5.41, 5.74) is 2.86. The van der Waals surface area contributed by atoms with Crippen molar-refractivity contribution in [1.29, 1.82) is 0 Å². The monoisotopic (exact) mass is 449 g/mol. The van der Waals surface area contributed by atoms with E-state index >= 15 is 0 Å². The fourth-order valence-corrected chi connectivity index (χ4v) is 3.15. The smallest absolute Gasteiger partial charge is 0.191 e. The third kappa shape index (κ3) is 7.67. The maximum atomic E-state index is 5.33. The molecule has 130 valence electrons. The predicted octanol–water partition coefficient (Wildman–Crippen LogP) is 3.76. The van der Waals surface area contributed by atoms with E-state index in [9.17, 15) is 0 Å². The maximum Gasteiger partial charge on any atom is 0.191 e. The average Bonchev–Trinajstić information content (AvgIpc) is 3.08. The van der Waals surface area contributed by atoms with Gasteiger partial charge in [-0.2, -0.15) is 11.3 Å². The van der Waals surface area contributed by atoms with E-state index in [2.05, 4.69) is 47.4 Å². The first kappa shape index (κ1) is 20.4. The van der Waals surface area contributed by atoms with Crippen molar-refractivity contribution in [3.8, 4) is 0 Å². The molecule has 0 aliphatic carbocycles. The molecule has 0 saturated carbocycles. The van der Waals surface area contributed by atoms with Crippen LogP contribution in [0.3, 0.4) is 0 Å². The minimum atomic E-state index is 0. The van der Waals surface area contributed by atoms with Crippen LogP contribution in [0, 0.1) is 0 Å². The molecule has 1 aliphatic heterocycles. The quantitative estimate of drug-likeness (QED) is 0.289. The second kappa shape index (κ2) is 11.9. The molecule has 0 spiro atoms. The third-order valence-electron chi connectivity index (χ3n) is 3.78. The summed E-state index contributed by atoms with van der Waals surface area (Å²) in [6, 6.07) is 2.18. The zero-order chi connectivity index (χ0) is 15.6. The third-order valence-corrected chi connectivity index (χ3v) is 4.48. The molecule has 2 N–H and O–H groups in total. The van der Waals surface area contributed by atoms with E-state index < -0.39 is 0 Å². The predicted molar refractivity (Wildman–Crippen MR) is 110 cm³/mol. The lowest BCUT2D eigenvalue weighted by molar-refractivity contribution is 0.153. The van der Waals surface area contributed by atoms with Gasteiger partial charge in [-0.25, -0.2) is 0 Å². The number of thiophene rings is 1. The maximum absolute atomic E-state index is 5.33. The Morgan fingerprint density at radius 3 is 2.96 bits per heavy atom. The van der Waals surface area contributed by atoms with Crippen LogP contribution in [-0.4, -0.2) is 38.8 Å². The molecule has 0 fully saturated rings. The molecule has 0 radical (unpaired) electrons. The molecule has 0 bridgehead atoms. The molecule has 6 heteroatoms. The fourth-order valence-electron chi connectivity index (χ4n) is 2.36. The van der Waals surface area contributed by atoms with Crippen LogP contribution in [0.4, 0.5) is 0 Å². The van der Waals surface area contributed by atoms with Gasteiger partial charge < -0.3 is 15.4 Å². The number of nitrogens with zero attached hydrogens (tertiary/aromatic N) is 1. The van der Waals surface area contributed by atoms with Crippen molar-refractivity contribution < 1.29 is 4.74 Å². The Kier molecular flexibility index (Phi) is 10.5. The molecule has 2 rings (SSSR count). The Balaban J connectivity index is 0.00000264. The Morgan fingerprint density at radius 1 is 1.43 bits per heavy atom. The van der Waals surface area contributed by atoms with E-state index in [-0.39, 0.29) is 24.0 Å². The summed E-state index contributed by atoms with van der Waals surface area (Å²) < 4.78 is 5.33. The van der Waals surface area contributed by atoms with E-state index in [1.165, 1.54) is 11.1 Å². The first-order valence-corrected chi connectivity index (χ1v) is 9.03. The summed E-state index contributed by atoms with van der Waals surface area (Å²) in [6.07, 6.45) is 4.33. The van der Waals surface area contributed by atoms with Crippen molar-refractivity contribution in [3.63, 3.8) is 0 Å². The van der Waals surface area contributed by atoms with Crippen molar-refractivity contribution in [2.45, 2.75) is 32.6 Å². The van der Waals surface area contributed by atoms with Crippen LogP contribution in [-0.2, 0) is 4.74 Å². The lowest BCUT2D eigenvalue weighted by Gasteiger charge is -2.16. The lowest BCUT2D eigenvalue weighted by atomic mass is 10.1. The first-order chi connectivity index (χ1) is 10.8. The molecule has 0 aromatic carbocycles. The van der Waals surface area contributed by atoms with Gasteiger partial charge in [-0.1, -0.05) is 18.6 Å². The second-order valence-corrected chi connectivity index (χ2v) is 6.32. The molecule has 0 amide bonds. The summed E-state index contributed by atoms with van der Waals surface area (Å²) in [6.45, 7) is 8.56. The summed E-state index contributed by atoms with van der Waals surface area (Å²) in [5.74, 6) is 1.37. The minimum absolute atomic E-state index is 0. The van der Waals surface area contributed by atoms with Gasteiger partial charge in [0.05, 0.1) is 13.2 Å². The number of aliphatic imine (C=N–C) groups is 1. The highest BCUT2D eigenvalue weighted by Crippen LogP contribution is 2.18. The number of ether oxygens (including phenoxy) is 1. The van der Waals surface area contributed by atoms with E-state index in [0.717, 1.165) is 51.6 Å². The molecule has 1 aliphatic rings. The zero-order valence-electron chi connectivity index (χ0n) is 14.0. The van der Waals surface area contributed by atoms with Gasteiger partial charge in [0.2, 0.25) is 0 Å². The number of guanidine groups is 1. The van der Waals surface area contributed by atoms with Crippen molar-refractivity contribution in [2.24, 2.45) is 4.99 Å². The summed E-state index contributed by atoms with van der Waals surface area (Å²) in [4.78, 5) is 4.71. The Morgan fingerprint density at radius 2 is 2.30 bits per heavy atom. The second-order valence-electron chi connectivity index (χ2n) is 5.54. The van der Waals surface area contributed by atoms with Gasteiger partial charge in [-0.05, 0) is 42.2 Å². The highest BCUT2D eigenvalue weighted by molar-refractivity contribution is 14.0. The molecular weight excluding hydrogens is 421 g/mol. The summed E-state index contributed by atoms with van der Waals surface area (Å²) in [5, 5.41) is 11.1. The lowest BCUT2D eigenvalue weighted by Crippen LogP contribution is -2.38. The molecular formula is C17H28IN3OS. The highest BCUT2D eigenvalue weighted by atomic mass is 127. The molecule has 0 saturated heterocycles. The molecule has 1 aromatic rings. The fraction of sp³-hybridized carbons (Fsp3) is 0.588. The topological polar surface area (TPSA) is 45.7 Å². The van der Waals surface area contributed by atoms with E-state index in [4.69, 9.17) is 9.73 Å². The first-order valence-electron chi connectivity index (χ1n) is 8.09. The van der Waals surface area contributed by atoms with Gasteiger partial charge in [-0.15, -0.1) is 24.0 Å². The number of rotatable bonds is 7. The Bertz CT molecular complexity index is 488. The molecule has 23 heavy (non-hydrogen) atoms. The van der Waals surface area contributed by atoms with Crippen LogP contribution in [0.1, 0.15) is 38.2 Å². The standard InChI is InChI=1S/C17H27N3OS.HI/c1-3-18-17(19-8-4-15-5-9-21-10-6-15)20-12-14(2)16-7-11-22-13-16;/h5,7,11,13-14H,3-4,6,8-10,12H2,1-2H3,(H2,18,19,20);1H. The van der Waals surface area contributed by atoms with Crippen LogP contribution < -0.4 is 10.6 Å². The van der Waals surface area contributed by atoms with Gasteiger partial charge >= 0.3 is 0 Å². The number of halogens is 1. The number of hydrogen-bond donors (Lipinski definition) is 2. The Hall–Kier alpha value is -0.600. The molecule has 1 atom stereocenters. The Labute approximate surface area is 160 Å². The van der Waals surface area contributed by atoms with Crippen molar-refractivity contribution in [2.75, 3.05) is 32.8 Å². The van der Waals surface area contributed by atoms with Crippen molar-refractivity contribution >= 4 is 41.3 Å². The van der Waals surface area contributed by atoms with Crippen LogP contribution in [0.25, 0.3) is 0 Å². The molecule has 2 heterocycles. The van der Waals surface area contributed by atoms with Gasteiger partial charge in [0.1, 0.15) is 0 Å². The minimum Gasteiger partial charge on any atom is -0.377 e.